The summed E-state index contributed by atoms with van der Waals surface area (Å²) in [5.74, 6) is 1.95. The predicted octanol–water partition coefficient (Wildman–Crippen LogP) is 4.60. The Labute approximate surface area is 234 Å². The molecular formula is C30H36N6O4. The van der Waals surface area contributed by atoms with Crippen LogP contribution in [0.25, 0.3) is 11.5 Å². The molecule has 10 nitrogen and oxygen atoms in total. The number of hydrogen-bond donors (Lipinski definition) is 2. The second-order valence-corrected chi connectivity index (χ2v) is 11.5. The number of hydrogen-bond acceptors (Lipinski definition) is 7. The van der Waals surface area contributed by atoms with Gasteiger partial charge in [0.1, 0.15) is 23.0 Å². The average Bonchev–Trinajstić information content (AvgIpc) is 3.42. The molecule has 1 aliphatic carbocycles. The Morgan fingerprint density at radius 2 is 1.93 bits per heavy atom. The summed E-state index contributed by atoms with van der Waals surface area (Å²) < 4.78 is 7.97. The fraction of sp³-hybridized carbons (Fsp3) is 0.467. The van der Waals surface area contributed by atoms with Gasteiger partial charge in [-0.15, -0.1) is 0 Å². The second-order valence-electron chi connectivity index (χ2n) is 11.5. The summed E-state index contributed by atoms with van der Waals surface area (Å²) in [5, 5.41) is 13.2. The van der Waals surface area contributed by atoms with Crippen molar-refractivity contribution in [3.8, 4) is 23.0 Å². The predicted molar refractivity (Wildman–Crippen MR) is 150 cm³/mol. The summed E-state index contributed by atoms with van der Waals surface area (Å²) in [4.78, 5) is 37.4. The number of pyridine rings is 1. The van der Waals surface area contributed by atoms with Gasteiger partial charge in [0.2, 0.25) is 5.91 Å². The van der Waals surface area contributed by atoms with Gasteiger partial charge in [-0.25, -0.2) is 14.8 Å². The maximum Gasteiger partial charge on any atom is 0.329 e. The number of aromatic nitrogens is 3. The van der Waals surface area contributed by atoms with E-state index in [0.29, 0.717) is 37.0 Å². The number of nitrogens with one attached hydrogen (secondary N) is 1. The Balaban J connectivity index is 1.19. The van der Waals surface area contributed by atoms with Crippen molar-refractivity contribution in [2.24, 2.45) is 7.05 Å². The van der Waals surface area contributed by atoms with E-state index in [4.69, 9.17) is 9.72 Å². The molecule has 4 heterocycles. The standard InChI is InChI=1S/C30H36N6O4/c1-30(2)27-20(18-35(30)17-19-9-11-22(15-24(19)37)40-21-7-5-4-6-8-21)10-12-23(32-27)28-31-16-26(34(28)3)36-14-13-25(38)33-29(36)39/h9-12,15-16,21,37H,4-8,13-14,17-18H2,1-3H3,(H,33,38,39). The third-order valence-corrected chi connectivity index (χ3v) is 8.51. The Bertz CT molecular complexity index is 1460. The number of imide groups is 1. The molecule has 3 aliphatic rings. The molecule has 40 heavy (non-hydrogen) atoms. The topological polar surface area (TPSA) is 113 Å². The van der Waals surface area contributed by atoms with Crippen molar-refractivity contribution in [2.75, 3.05) is 11.4 Å². The van der Waals surface area contributed by atoms with Gasteiger partial charge < -0.3 is 14.4 Å². The van der Waals surface area contributed by atoms with Gasteiger partial charge in [-0.2, -0.15) is 0 Å². The molecule has 0 unspecified atom stereocenters. The van der Waals surface area contributed by atoms with Crippen LogP contribution in [0.1, 0.15) is 69.2 Å². The van der Waals surface area contributed by atoms with Gasteiger partial charge in [0, 0.05) is 44.7 Å². The monoisotopic (exact) mass is 544 g/mol. The summed E-state index contributed by atoms with van der Waals surface area (Å²) in [6.45, 7) is 5.88. The maximum atomic E-state index is 12.4. The highest BCUT2D eigenvalue weighted by molar-refractivity contribution is 6.05. The zero-order chi connectivity index (χ0) is 28.0. The number of rotatable bonds is 6. The van der Waals surface area contributed by atoms with Crippen LogP contribution in [-0.4, -0.2) is 49.1 Å². The molecule has 210 valence electrons. The van der Waals surface area contributed by atoms with Crippen molar-refractivity contribution >= 4 is 17.8 Å². The van der Waals surface area contributed by atoms with Gasteiger partial charge in [0.25, 0.3) is 0 Å². The van der Waals surface area contributed by atoms with E-state index in [9.17, 15) is 14.7 Å². The van der Waals surface area contributed by atoms with Crippen molar-refractivity contribution in [3.63, 3.8) is 0 Å². The quantitative estimate of drug-likeness (QED) is 0.467. The number of phenolic OH excluding ortho intramolecular Hbond substituents is 1. The van der Waals surface area contributed by atoms with Crippen LogP contribution >= 0.6 is 0 Å². The molecule has 0 bridgehead atoms. The fourth-order valence-electron chi connectivity index (χ4n) is 6.08. The highest BCUT2D eigenvalue weighted by Gasteiger charge is 2.39. The van der Waals surface area contributed by atoms with Crippen LogP contribution in [0, 0.1) is 0 Å². The molecule has 1 aromatic carbocycles. The van der Waals surface area contributed by atoms with E-state index in [1.807, 2.05) is 29.8 Å². The molecule has 2 aromatic heterocycles. The van der Waals surface area contributed by atoms with Crippen molar-refractivity contribution in [2.45, 2.75) is 77.1 Å². The highest BCUT2D eigenvalue weighted by atomic mass is 16.5. The summed E-state index contributed by atoms with van der Waals surface area (Å²) in [5.41, 5.74) is 3.28. The molecule has 0 atom stereocenters. The van der Waals surface area contributed by atoms with Crippen LogP contribution < -0.4 is 15.0 Å². The zero-order valence-electron chi connectivity index (χ0n) is 23.3. The minimum absolute atomic E-state index is 0.238. The SMILES string of the molecule is Cn1c(N2CCC(=O)NC2=O)cnc1-c1ccc2c(n1)C(C)(C)N(Cc1ccc(OC3CCCCC3)cc1O)C2. The Hall–Kier alpha value is -3.92. The van der Waals surface area contributed by atoms with E-state index < -0.39 is 6.03 Å². The van der Waals surface area contributed by atoms with Crippen molar-refractivity contribution in [1.82, 2.24) is 24.8 Å². The van der Waals surface area contributed by atoms with Gasteiger partial charge in [-0.05, 0) is 57.2 Å². The van der Waals surface area contributed by atoms with Gasteiger partial charge in [0.05, 0.1) is 23.5 Å². The van der Waals surface area contributed by atoms with Gasteiger partial charge >= 0.3 is 6.03 Å². The van der Waals surface area contributed by atoms with Crippen LogP contribution in [0.4, 0.5) is 10.6 Å². The van der Waals surface area contributed by atoms with E-state index >= 15 is 0 Å². The molecule has 1 saturated carbocycles. The Morgan fingerprint density at radius 1 is 1.12 bits per heavy atom. The lowest BCUT2D eigenvalue weighted by Crippen LogP contribution is -2.50. The Morgan fingerprint density at radius 3 is 2.67 bits per heavy atom. The first-order valence-electron chi connectivity index (χ1n) is 14.1. The van der Waals surface area contributed by atoms with E-state index in [2.05, 4.69) is 35.1 Å². The highest BCUT2D eigenvalue weighted by Crippen LogP contribution is 2.41. The fourth-order valence-corrected chi connectivity index (χ4v) is 6.08. The van der Waals surface area contributed by atoms with E-state index in [-0.39, 0.29) is 29.7 Å². The lowest BCUT2D eigenvalue weighted by Gasteiger charge is -2.32. The molecule has 3 amide bonds. The molecule has 6 rings (SSSR count). The van der Waals surface area contributed by atoms with Crippen LogP contribution in [0.5, 0.6) is 11.5 Å². The first kappa shape index (κ1) is 26.3. The number of carbonyl (C=O) groups excluding carboxylic acids is 2. The number of ether oxygens (including phenoxy) is 1. The first-order valence-corrected chi connectivity index (χ1v) is 14.1. The van der Waals surface area contributed by atoms with Crippen LogP contribution in [0.2, 0.25) is 0 Å². The molecule has 2 fully saturated rings. The lowest BCUT2D eigenvalue weighted by atomic mass is 9.97. The molecule has 3 aromatic rings. The third-order valence-electron chi connectivity index (χ3n) is 8.51. The van der Waals surface area contributed by atoms with E-state index in [1.54, 1.807) is 12.3 Å². The number of fused-ring (bicyclic) bond motifs is 1. The molecule has 10 heteroatoms. The van der Waals surface area contributed by atoms with Crippen LogP contribution in [0.3, 0.4) is 0 Å². The number of benzene rings is 1. The summed E-state index contributed by atoms with van der Waals surface area (Å²) in [6.07, 6.45) is 7.96. The molecule has 1 saturated heterocycles. The molecule has 2 aliphatic heterocycles. The number of aromatic hydroxyl groups is 1. The van der Waals surface area contributed by atoms with Gasteiger partial charge in [-0.1, -0.05) is 18.6 Å². The van der Waals surface area contributed by atoms with Crippen LogP contribution in [0.15, 0.2) is 36.5 Å². The van der Waals surface area contributed by atoms with Gasteiger partial charge in [0.15, 0.2) is 5.82 Å². The number of imidazole rings is 1. The summed E-state index contributed by atoms with van der Waals surface area (Å²) in [6, 6.07) is 9.27. The first-order chi connectivity index (χ1) is 19.2. The number of anilines is 1. The number of nitrogens with zero attached hydrogens (tertiary/aromatic N) is 5. The maximum absolute atomic E-state index is 12.4. The van der Waals surface area contributed by atoms with Gasteiger partial charge in [-0.3, -0.25) is 19.9 Å². The minimum Gasteiger partial charge on any atom is -0.507 e. The van der Waals surface area contributed by atoms with Crippen molar-refractivity contribution in [3.05, 3.63) is 53.3 Å². The van der Waals surface area contributed by atoms with Crippen molar-refractivity contribution < 1.29 is 19.4 Å². The minimum atomic E-state index is -0.443. The zero-order valence-corrected chi connectivity index (χ0v) is 23.3. The molecule has 2 N–H and O–H groups in total. The normalized spacial score (nSPS) is 19.5. The Kier molecular flexibility index (Phi) is 6.74. The van der Waals surface area contributed by atoms with Crippen LogP contribution in [-0.2, 0) is 30.5 Å². The number of urea groups is 1. The number of amides is 3. The lowest BCUT2D eigenvalue weighted by molar-refractivity contribution is -0.120. The second kappa shape index (κ2) is 10.2. The van der Waals surface area contributed by atoms with Crippen molar-refractivity contribution in [1.29, 1.82) is 0 Å². The smallest absolute Gasteiger partial charge is 0.329 e. The largest absolute Gasteiger partial charge is 0.507 e. The average molecular weight is 545 g/mol. The third kappa shape index (κ3) is 4.81. The number of carbonyl (C=O) groups is 2. The summed E-state index contributed by atoms with van der Waals surface area (Å²) >= 11 is 0. The molecule has 0 spiro atoms. The summed E-state index contributed by atoms with van der Waals surface area (Å²) in [7, 11) is 1.85. The molecular weight excluding hydrogens is 508 g/mol. The number of phenols is 1. The molecule has 0 radical (unpaired) electrons. The van der Waals surface area contributed by atoms with E-state index in [0.717, 1.165) is 35.4 Å². The van der Waals surface area contributed by atoms with E-state index in [1.165, 1.54) is 24.2 Å².